The predicted octanol–water partition coefficient (Wildman–Crippen LogP) is 2.53. The Labute approximate surface area is 120 Å². The Morgan fingerprint density at radius 3 is 1.28 bits per heavy atom. The summed E-state index contributed by atoms with van der Waals surface area (Å²) in [5, 5.41) is 0. The van der Waals surface area contributed by atoms with Crippen LogP contribution >= 0.6 is 23.2 Å². The topological polar surface area (TPSA) is 40.6 Å². The summed E-state index contributed by atoms with van der Waals surface area (Å²) in [7, 11) is 0. The van der Waals surface area contributed by atoms with Crippen LogP contribution in [0.1, 0.15) is 34.6 Å². The van der Waals surface area contributed by atoms with Gasteiger partial charge in [0.15, 0.2) is 4.84 Å². The van der Waals surface area contributed by atoms with Gasteiger partial charge in [-0.05, 0) is 27.7 Å². The van der Waals surface area contributed by atoms with Crippen molar-refractivity contribution < 1.29 is 9.59 Å². The van der Waals surface area contributed by atoms with E-state index in [0.29, 0.717) is 13.1 Å². The van der Waals surface area contributed by atoms with Gasteiger partial charge in [-0.2, -0.15) is 0 Å². The van der Waals surface area contributed by atoms with E-state index < -0.39 is 4.84 Å². The van der Waals surface area contributed by atoms with Crippen LogP contribution in [0.4, 0.5) is 0 Å². The van der Waals surface area contributed by atoms with E-state index in [1.165, 1.54) is 0 Å². The lowest BCUT2D eigenvalue weighted by Gasteiger charge is -2.18. The first-order valence-corrected chi connectivity index (χ1v) is 7.05. The van der Waals surface area contributed by atoms with Crippen LogP contribution in [-0.4, -0.2) is 52.6 Å². The second kappa shape index (κ2) is 11.6. The molecule has 0 aromatic heterocycles. The highest BCUT2D eigenvalue weighted by molar-refractivity contribution is 6.53. The van der Waals surface area contributed by atoms with Crippen LogP contribution in [0, 0.1) is 0 Å². The number of nitrogens with zero attached hydrogens (tertiary/aromatic N) is 2. The van der Waals surface area contributed by atoms with Crippen molar-refractivity contribution in [2.24, 2.45) is 0 Å². The molecule has 6 heteroatoms. The van der Waals surface area contributed by atoms with Crippen molar-refractivity contribution in [1.82, 2.24) is 9.80 Å². The maximum atomic E-state index is 11.0. The number of alkyl halides is 2. The number of hydrogen-bond donors (Lipinski definition) is 0. The van der Waals surface area contributed by atoms with Gasteiger partial charge in [0.1, 0.15) is 0 Å². The van der Waals surface area contributed by atoms with Crippen molar-refractivity contribution >= 4 is 35.0 Å². The van der Waals surface area contributed by atoms with Gasteiger partial charge in [-0.15, -0.1) is 0 Å². The Morgan fingerprint density at radius 2 is 1.22 bits per heavy atom. The molecule has 0 heterocycles. The molecule has 0 N–H and O–H groups in total. The molecule has 0 bridgehead atoms. The number of carbonyl (C=O) groups is 2. The predicted molar refractivity (Wildman–Crippen MR) is 77.0 cm³/mol. The lowest BCUT2D eigenvalue weighted by molar-refractivity contribution is -0.129. The Bertz CT molecular complexity index is 240. The number of amides is 2. The zero-order valence-corrected chi connectivity index (χ0v) is 13.4. The lowest BCUT2D eigenvalue weighted by atomic mass is 10.5. The van der Waals surface area contributed by atoms with Crippen molar-refractivity contribution in [2.45, 2.75) is 39.5 Å². The van der Waals surface area contributed by atoms with E-state index in [2.05, 4.69) is 0 Å². The van der Waals surface area contributed by atoms with Crippen LogP contribution in [0.2, 0.25) is 0 Å². The van der Waals surface area contributed by atoms with E-state index >= 15 is 0 Å². The van der Waals surface area contributed by atoms with Crippen LogP contribution in [-0.2, 0) is 9.59 Å². The molecule has 0 aromatic carbocycles. The molecule has 0 aliphatic heterocycles. The molecule has 18 heavy (non-hydrogen) atoms. The molecular weight excluding hydrogens is 275 g/mol. The standard InChI is InChI=1S/C6H11Cl2NO.C6H13NO/c1-3-9(4-2)6(10)5(7)8;1-4-7(5-2)6(3)8/h5H,3-4H2,1-2H3;4-5H2,1-3H3. The van der Waals surface area contributed by atoms with Crippen LogP contribution in [0.5, 0.6) is 0 Å². The summed E-state index contributed by atoms with van der Waals surface area (Å²) in [4.78, 5) is 23.9. The van der Waals surface area contributed by atoms with Gasteiger partial charge < -0.3 is 9.80 Å². The molecule has 0 rings (SSSR count). The fraction of sp³-hybridized carbons (Fsp3) is 0.833. The number of hydrogen-bond acceptors (Lipinski definition) is 2. The van der Waals surface area contributed by atoms with E-state index in [0.717, 1.165) is 13.1 Å². The number of rotatable bonds is 5. The molecule has 0 atom stereocenters. The minimum absolute atomic E-state index is 0.162. The monoisotopic (exact) mass is 298 g/mol. The van der Waals surface area contributed by atoms with E-state index in [4.69, 9.17) is 23.2 Å². The summed E-state index contributed by atoms with van der Waals surface area (Å²) >= 11 is 10.7. The zero-order chi connectivity index (χ0) is 14.7. The molecule has 0 saturated heterocycles. The summed E-state index contributed by atoms with van der Waals surface area (Å²) < 4.78 is 0. The van der Waals surface area contributed by atoms with Gasteiger partial charge in [0.05, 0.1) is 0 Å². The maximum absolute atomic E-state index is 11.0. The molecule has 0 fully saturated rings. The SMILES string of the molecule is CCN(CC)C(=O)C(Cl)Cl.CCN(CC)C(C)=O. The summed E-state index contributed by atoms with van der Waals surface area (Å²) in [5.74, 6) is -0.0525. The van der Waals surface area contributed by atoms with E-state index in [-0.39, 0.29) is 11.8 Å². The average molecular weight is 299 g/mol. The third-order valence-electron chi connectivity index (χ3n) is 2.47. The highest BCUT2D eigenvalue weighted by Crippen LogP contribution is 2.05. The molecule has 0 spiro atoms. The quantitative estimate of drug-likeness (QED) is 0.732. The molecule has 0 aliphatic carbocycles. The Balaban J connectivity index is 0. The van der Waals surface area contributed by atoms with Gasteiger partial charge in [-0.3, -0.25) is 9.59 Å². The first-order chi connectivity index (χ1) is 8.35. The van der Waals surface area contributed by atoms with Gasteiger partial charge >= 0.3 is 0 Å². The minimum atomic E-state index is -0.917. The molecule has 2 amide bonds. The summed E-state index contributed by atoms with van der Waals surface area (Å²) in [6.07, 6.45) is 0. The number of carbonyl (C=O) groups excluding carboxylic acids is 2. The Hall–Kier alpha value is -0.480. The molecule has 0 aliphatic rings. The van der Waals surface area contributed by atoms with Crippen molar-refractivity contribution in [1.29, 1.82) is 0 Å². The first-order valence-electron chi connectivity index (χ1n) is 6.17. The Kier molecular flexibility index (Phi) is 12.8. The molecule has 108 valence electrons. The van der Waals surface area contributed by atoms with Crippen LogP contribution in [0.3, 0.4) is 0 Å². The fourth-order valence-electron chi connectivity index (χ4n) is 1.34. The summed E-state index contributed by atoms with van der Waals surface area (Å²) in [6, 6.07) is 0. The van der Waals surface area contributed by atoms with Crippen molar-refractivity contribution in [3.8, 4) is 0 Å². The largest absolute Gasteiger partial charge is 0.343 e. The van der Waals surface area contributed by atoms with Gasteiger partial charge in [0.2, 0.25) is 5.91 Å². The molecule has 0 radical (unpaired) electrons. The normalized spacial score (nSPS) is 9.56. The van der Waals surface area contributed by atoms with Crippen LogP contribution in [0.25, 0.3) is 0 Å². The van der Waals surface area contributed by atoms with Crippen molar-refractivity contribution in [2.75, 3.05) is 26.2 Å². The number of halogens is 2. The van der Waals surface area contributed by atoms with Gasteiger partial charge in [0, 0.05) is 33.1 Å². The molecule has 0 aromatic rings. The van der Waals surface area contributed by atoms with E-state index in [9.17, 15) is 9.59 Å². The van der Waals surface area contributed by atoms with Crippen LogP contribution < -0.4 is 0 Å². The maximum Gasteiger partial charge on any atom is 0.255 e. The Morgan fingerprint density at radius 1 is 0.889 bits per heavy atom. The van der Waals surface area contributed by atoms with Crippen molar-refractivity contribution in [3.63, 3.8) is 0 Å². The fourth-order valence-corrected chi connectivity index (χ4v) is 1.62. The van der Waals surface area contributed by atoms with E-state index in [1.807, 2.05) is 27.7 Å². The first kappa shape index (κ1) is 19.9. The smallest absolute Gasteiger partial charge is 0.255 e. The van der Waals surface area contributed by atoms with Crippen LogP contribution in [0.15, 0.2) is 0 Å². The third kappa shape index (κ3) is 8.59. The molecule has 0 unspecified atom stereocenters. The third-order valence-corrected chi connectivity index (χ3v) is 2.84. The highest BCUT2D eigenvalue weighted by atomic mass is 35.5. The molecule has 0 saturated carbocycles. The second-order valence-electron chi connectivity index (χ2n) is 3.50. The summed E-state index contributed by atoms with van der Waals surface area (Å²) in [5.41, 5.74) is 0. The van der Waals surface area contributed by atoms with Gasteiger partial charge in [-0.1, -0.05) is 23.2 Å². The minimum Gasteiger partial charge on any atom is -0.343 e. The molecular formula is C12H24Cl2N2O2. The molecule has 4 nitrogen and oxygen atoms in total. The van der Waals surface area contributed by atoms with Crippen molar-refractivity contribution in [3.05, 3.63) is 0 Å². The highest BCUT2D eigenvalue weighted by Gasteiger charge is 2.16. The van der Waals surface area contributed by atoms with Gasteiger partial charge in [-0.25, -0.2) is 0 Å². The zero-order valence-electron chi connectivity index (χ0n) is 11.9. The van der Waals surface area contributed by atoms with Gasteiger partial charge in [0.25, 0.3) is 5.91 Å². The second-order valence-corrected chi connectivity index (χ2v) is 4.60. The summed E-state index contributed by atoms with van der Waals surface area (Å²) in [6.45, 7) is 12.3. The lowest BCUT2D eigenvalue weighted by Crippen LogP contribution is -2.34. The average Bonchev–Trinajstić information content (AvgIpc) is 2.32. The van der Waals surface area contributed by atoms with E-state index in [1.54, 1.807) is 16.7 Å².